The van der Waals surface area contributed by atoms with Gasteiger partial charge in [0, 0.05) is 5.56 Å². The molecule has 0 fully saturated rings. The number of halogens is 1. The number of fused-ring (bicyclic) bond motifs is 1. The molecule has 0 bridgehead atoms. The van der Waals surface area contributed by atoms with Crippen molar-refractivity contribution in [1.29, 1.82) is 5.26 Å². The van der Waals surface area contributed by atoms with Gasteiger partial charge in [-0.25, -0.2) is 9.79 Å². The van der Waals surface area contributed by atoms with Crippen LogP contribution in [0.3, 0.4) is 0 Å². The van der Waals surface area contributed by atoms with Crippen LogP contribution in [0.1, 0.15) is 42.1 Å². The molecule has 0 N–H and O–H groups in total. The highest BCUT2D eigenvalue weighted by Gasteiger charge is 2.33. The van der Waals surface area contributed by atoms with Crippen LogP contribution in [0.15, 0.2) is 98.3 Å². The summed E-state index contributed by atoms with van der Waals surface area (Å²) >= 11 is 4.84. The molecule has 2 heterocycles. The molecule has 0 saturated carbocycles. The Balaban J connectivity index is 1.51. The van der Waals surface area contributed by atoms with Crippen molar-refractivity contribution in [1.82, 2.24) is 4.57 Å². The van der Waals surface area contributed by atoms with Gasteiger partial charge in [-0.1, -0.05) is 65.9 Å². The highest BCUT2D eigenvalue weighted by Crippen LogP contribution is 2.31. The molecule has 0 amide bonds. The lowest BCUT2D eigenvalue weighted by Crippen LogP contribution is -2.39. The Labute approximate surface area is 243 Å². The Morgan fingerprint density at radius 2 is 1.90 bits per heavy atom. The van der Waals surface area contributed by atoms with Gasteiger partial charge < -0.3 is 9.47 Å². The van der Waals surface area contributed by atoms with Crippen molar-refractivity contribution >= 4 is 39.3 Å². The fourth-order valence-corrected chi connectivity index (χ4v) is 6.09. The van der Waals surface area contributed by atoms with Gasteiger partial charge in [0.05, 0.1) is 44.6 Å². The van der Waals surface area contributed by atoms with Crippen LogP contribution in [0, 0.1) is 11.3 Å². The van der Waals surface area contributed by atoms with E-state index in [9.17, 15) is 14.9 Å². The number of ether oxygens (including phenoxy) is 2. The molecule has 200 valence electrons. The van der Waals surface area contributed by atoms with E-state index < -0.39 is 12.0 Å². The van der Waals surface area contributed by atoms with Gasteiger partial charge in [0.25, 0.3) is 5.56 Å². The van der Waals surface area contributed by atoms with E-state index in [1.165, 1.54) is 11.3 Å². The minimum Gasteiger partial charge on any atom is -0.488 e. The van der Waals surface area contributed by atoms with E-state index in [1.54, 1.807) is 30.6 Å². The number of hydrogen-bond donors (Lipinski definition) is 0. The molecule has 0 aliphatic carbocycles. The number of esters is 1. The highest BCUT2D eigenvalue weighted by molar-refractivity contribution is 9.10. The molecule has 1 aliphatic heterocycles. The number of nitrogens with zero attached hydrogens (tertiary/aromatic N) is 3. The summed E-state index contributed by atoms with van der Waals surface area (Å²) in [7, 11) is 0. The van der Waals surface area contributed by atoms with Crippen LogP contribution in [-0.4, -0.2) is 17.1 Å². The number of aromatic nitrogens is 1. The zero-order valence-electron chi connectivity index (χ0n) is 21.8. The van der Waals surface area contributed by atoms with Gasteiger partial charge in [0.2, 0.25) is 0 Å². The average molecular weight is 615 g/mol. The summed E-state index contributed by atoms with van der Waals surface area (Å²) < 4.78 is 14.1. The van der Waals surface area contributed by atoms with E-state index in [0.29, 0.717) is 36.4 Å². The van der Waals surface area contributed by atoms with E-state index in [-0.39, 0.29) is 18.8 Å². The molecule has 0 spiro atoms. The zero-order valence-corrected chi connectivity index (χ0v) is 24.2. The number of carbonyl (C=O) groups excluding carboxylic acids is 1. The van der Waals surface area contributed by atoms with Crippen molar-refractivity contribution in [2.75, 3.05) is 6.61 Å². The first kappa shape index (κ1) is 27.3. The van der Waals surface area contributed by atoms with Crippen LogP contribution >= 0.6 is 27.3 Å². The van der Waals surface area contributed by atoms with Gasteiger partial charge in [-0.05, 0) is 65.2 Å². The summed E-state index contributed by atoms with van der Waals surface area (Å²) in [6, 6.07) is 23.8. The Bertz CT molecular complexity index is 1850. The SMILES string of the molecule is CCOC(=O)C1=C(C)N=c2s/c(=C/c3ccc(OCc4ccccc4C#N)c(Br)c3)c(=O)n2[C@H]1c1ccccc1. The maximum atomic E-state index is 13.8. The molecule has 0 radical (unpaired) electrons. The molecule has 40 heavy (non-hydrogen) atoms. The van der Waals surface area contributed by atoms with Crippen molar-refractivity contribution in [2.24, 2.45) is 4.99 Å². The van der Waals surface area contributed by atoms with Gasteiger partial charge in [-0.15, -0.1) is 0 Å². The van der Waals surface area contributed by atoms with Crippen molar-refractivity contribution in [2.45, 2.75) is 26.5 Å². The smallest absolute Gasteiger partial charge is 0.338 e. The number of nitriles is 1. The lowest BCUT2D eigenvalue weighted by Gasteiger charge is -2.24. The zero-order chi connectivity index (χ0) is 28.2. The normalized spacial score (nSPS) is 14.8. The van der Waals surface area contributed by atoms with E-state index >= 15 is 0 Å². The number of benzene rings is 3. The summed E-state index contributed by atoms with van der Waals surface area (Å²) in [6.45, 7) is 3.99. The van der Waals surface area contributed by atoms with Crippen LogP contribution in [-0.2, 0) is 16.1 Å². The summed E-state index contributed by atoms with van der Waals surface area (Å²) in [4.78, 5) is 31.9. The van der Waals surface area contributed by atoms with Gasteiger partial charge in [0.1, 0.15) is 12.4 Å². The Kier molecular flexibility index (Phi) is 8.10. The predicted molar refractivity (Wildman–Crippen MR) is 156 cm³/mol. The summed E-state index contributed by atoms with van der Waals surface area (Å²) in [5.41, 5.74) is 3.61. The summed E-state index contributed by atoms with van der Waals surface area (Å²) in [5, 5.41) is 9.31. The maximum absolute atomic E-state index is 13.8. The second-order valence-corrected chi connectivity index (χ2v) is 10.8. The van der Waals surface area contributed by atoms with Crippen molar-refractivity contribution in [3.63, 3.8) is 0 Å². The first-order valence-corrected chi connectivity index (χ1v) is 14.2. The number of thiazole rings is 1. The number of allylic oxidation sites excluding steroid dienone is 1. The third kappa shape index (κ3) is 5.41. The fourth-order valence-electron chi connectivity index (χ4n) is 4.53. The molecule has 1 atom stereocenters. The van der Waals surface area contributed by atoms with E-state index in [0.717, 1.165) is 16.7 Å². The molecular weight excluding hydrogens is 590 g/mol. The summed E-state index contributed by atoms with van der Waals surface area (Å²) in [6.07, 6.45) is 1.80. The number of carbonyl (C=O) groups is 1. The molecule has 0 saturated heterocycles. The maximum Gasteiger partial charge on any atom is 0.338 e. The van der Waals surface area contributed by atoms with Crippen LogP contribution in [0.5, 0.6) is 5.75 Å². The molecular formula is C31H24BrN3O4S. The quantitative estimate of drug-likeness (QED) is 0.273. The second-order valence-electron chi connectivity index (χ2n) is 8.96. The lowest BCUT2D eigenvalue weighted by atomic mass is 9.96. The Morgan fingerprint density at radius 3 is 2.62 bits per heavy atom. The topological polar surface area (TPSA) is 93.7 Å². The van der Waals surface area contributed by atoms with Gasteiger partial charge >= 0.3 is 5.97 Å². The molecule has 1 aliphatic rings. The third-order valence-corrected chi connectivity index (χ3v) is 8.01. The molecule has 1 aromatic heterocycles. The monoisotopic (exact) mass is 613 g/mol. The number of hydrogen-bond acceptors (Lipinski definition) is 7. The lowest BCUT2D eigenvalue weighted by molar-refractivity contribution is -0.139. The van der Waals surface area contributed by atoms with Gasteiger partial charge in [-0.3, -0.25) is 9.36 Å². The molecule has 7 nitrogen and oxygen atoms in total. The molecule has 0 unspecified atom stereocenters. The minimum atomic E-state index is -0.641. The Hall–Kier alpha value is -4.26. The van der Waals surface area contributed by atoms with E-state index in [2.05, 4.69) is 27.0 Å². The third-order valence-electron chi connectivity index (χ3n) is 6.41. The molecule has 4 aromatic rings. The van der Waals surface area contributed by atoms with Crippen molar-refractivity contribution < 1.29 is 14.3 Å². The highest BCUT2D eigenvalue weighted by atomic mass is 79.9. The average Bonchev–Trinajstić information content (AvgIpc) is 3.26. The van der Waals surface area contributed by atoms with Crippen LogP contribution in [0.2, 0.25) is 0 Å². The Morgan fingerprint density at radius 1 is 1.15 bits per heavy atom. The van der Waals surface area contributed by atoms with Gasteiger partial charge in [-0.2, -0.15) is 5.26 Å². The number of rotatable bonds is 7. The van der Waals surface area contributed by atoms with E-state index in [1.807, 2.05) is 66.7 Å². The predicted octanol–water partition coefficient (Wildman–Crippen LogP) is 5.01. The fraction of sp³-hybridized carbons (Fsp3) is 0.161. The first-order chi connectivity index (χ1) is 19.4. The van der Waals surface area contributed by atoms with Gasteiger partial charge in [0.15, 0.2) is 4.80 Å². The van der Waals surface area contributed by atoms with Crippen molar-refractivity contribution in [3.05, 3.63) is 130 Å². The molecule has 5 rings (SSSR count). The summed E-state index contributed by atoms with van der Waals surface area (Å²) in [5.74, 6) is 0.133. The van der Waals surface area contributed by atoms with Crippen LogP contribution in [0.25, 0.3) is 6.08 Å². The second kappa shape index (κ2) is 11.9. The minimum absolute atomic E-state index is 0.223. The first-order valence-electron chi connectivity index (χ1n) is 12.6. The standard InChI is InChI=1S/C31H24BrN3O4S/c1-3-38-30(37)27-19(2)34-31-35(28(27)21-9-5-4-6-10-21)29(36)26(40-31)16-20-13-14-25(24(32)15-20)39-18-23-12-8-7-11-22(23)17-33/h4-16,28H,3,18H2,1-2H3/b26-16+/t28-/m0/s1. The van der Waals surface area contributed by atoms with Crippen LogP contribution < -0.4 is 19.6 Å². The van der Waals surface area contributed by atoms with E-state index in [4.69, 9.17) is 9.47 Å². The largest absolute Gasteiger partial charge is 0.488 e. The molecule has 3 aromatic carbocycles. The van der Waals surface area contributed by atoms with Crippen LogP contribution in [0.4, 0.5) is 0 Å². The molecule has 9 heteroatoms. The van der Waals surface area contributed by atoms with Crippen molar-refractivity contribution in [3.8, 4) is 11.8 Å².